The van der Waals surface area contributed by atoms with Crippen molar-refractivity contribution in [1.82, 2.24) is 0 Å². The molecule has 0 radical (unpaired) electrons. The molecule has 3 nitrogen and oxygen atoms in total. The number of aromatic hydroxyl groups is 2. The zero-order valence-electron chi connectivity index (χ0n) is 16.7. The number of unbranched alkanes of at least 4 members (excludes halogenated alkanes) is 2. The van der Waals surface area contributed by atoms with Crippen LogP contribution in [0.1, 0.15) is 65.7 Å². The molecule has 2 atom stereocenters. The third kappa shape index (κ3) is 4.21. The average molecular weight is 332 g/mol. The van der Waals surface area contributed by atoms with Crippen molar-refractivity contribution >= 4 is 0 Å². The van der Waals surface area contributed by atoms with Crippen molar-refractivity contribution in [2.45, 2.75) is 58.3 Å². The van der Waals surface area contributed by atoms with Crippen molar-refractivity contribution in [2.75, 3.05) is 6.56 Å². The number of allylic oxidation sites excluding steroid dienone is 2. The number of hydrogen-bond donors (Lipinski definition) is 3. The molecule has 0 fully saturated rings. The van der Waals surface area contributed by atoms with Crippen molar-refractivity contribution in [3.63, 3.8) is 0 Å². The van der Waals surface area contributed by atoms with Gasteiger partial charge in [0.25, 0.3) is 0 Å². The summed E-state index contributed by atoms with van der Waals surface area (Å²) in [5, 5.41) is 30.9. The van der Waals surface area contributed by atoms with E-state index in [2.05, 4.69) is 13.5 Å². The number of hydrogen-bond acceptors (Lipinski definition) is 3. The van der Waals surface area contributed by atoms with Crippen LogP contribution in [0.25, 0.3) is 0 Å². The number of aryl methyl sites for hydroxylation is 1. The van der Waals surface area contributed by atoms with Gasteiger partial charge in [-0.15, -0.1) is 0 Å². The van der Waals surface area contributed by atoms with Crippen molar-refractivity contribution in [3.8, 4) is 11.5 Å². The van der Waals surface area contributed by atoms with Gasteiger partial charge >= 0.3 is 0 Å². The van der Waals surface area contributed by atoms with Gasteiger partial charge in [0.15, 0.2) is 0 Å². The molecule has 1 aromatic rings. The third-order valence-electron chi connectivity index (χ3n) is 4.91. The molecule has 2 rings (SSSR count). The molecule has 0 unspecified atom stereocenters. The van der Waals surface area contributed by atoms with E-state index in [0.717, 1.165) is 36.8 Å². The van der Waals surface area contributed by atoms with Gasteiger partial charge in [-0.2, -0.15) is 0 Å². The highest BCUT2D eigenvalue weighted by molar-refractivity contribution is 5.52. The van der Waals surface area contributed by atoms with E-state index in [9.17, 15) is 15.3 Å². The van der Waals surface area contributed by atoms with Gasteiger partial charge in [0, 0.05) is 11.5 Å². The Kier molecular flexibility index (Phi) is 5.51. The molecule has 1 aliphatic carbocycles. The number of rotatable bonds is 7. The summed E-state index contributed by atoms with van der Waals surface area (Å²) in [6.07, 6.45) is 6.69. The molecule has 0 spiro atoms. The Labute approximate surface area is 148 Å². The summed E-state index contributed by atoms with van der Waals surface area (Å²) in [5.74, 6) is -0.403. The summed E-state index contributed by atoms with van der Waals surface area (Å²) >= 11 is 0. The smallest absolute Gasteiger partial charge is 0.123 e. The van der Waals surface area contributed by atoms with Crippen molar-refractivity contribution in [1.29, 1.82) is 0 Å². The summed E-state index contributed by atoms with van der Waals surface area (Å²) in [6, 6.07) is 3.38. The Bertz CT molecular complexity index is 666. The Morgan fingerprint density at radius 3 is 2.50 bits per heavy atom. The van der Waals surface area contributed by atoms with E-state index in [-0.39, 0.29) is 23.0 Å². The highest BCUT2D eigenvalue weighted by Gasteiger charge is 2.30. The maximum Gasteiger partial charge on any atom is 0.123 e. The lowest BCUT2D eigenvalue weighted by Crippen LogP contribution is -2.18. The predicted octanol–water partition coefficient (Wildman–Crippen LogP) is 4.82. The molecule has 3 N–H and O–H groups in total. The van der Waals surface area contributed by atoms with Gasteiger partial charge in [0.05, 0.1) is 9.30 Å². The van der Waals surface area contributed by atoms with E-state index >= 15 is 0 Å². The van der Waals surface area contributed by atoms with E-state index < -0.39 is 12.5 Å². The summed E-state index contributed by atoms with van der Waals surface area (Å²) < 4.78 is 15.2. The zero-order valence-corrected chi connectivity index (χ0v) is 14.7. The maximum absolute atomic E-state index is 10.6. The first-order chi connectivity index (χ1) is 12.1. The second-order valence-electron chi connectivity index (χ2n) is 6.83. The molecule has 0 saturated carbocycles. The Hall–Kier alpha value is -1.74. The zero-order chi connectivity index (χ0) is 19.5. The molecule has 0 amide bonds. The molecule has 24 heavy (non-hydrogen) atoms. The van der Waals surface area contributed by atoms with Gasteiger partial charge in [0.2, 0.25) is 0 Å². The highest BCUT2D eigenvalue weighted by atomic mass is 16.3. The molecule has 0 saturated heterocycles. The average Bonchev–Trinajstić information content (AvgIpc) is 2.53. The summed E-state index contributed by atoms with van der Waals surface area (Å²) in [6.45, 7) is 5.65. The highest BCUT2D eigenvalue weighted by Crippen LogP contribution is 2.46. The van der Waals surface area contributed by atoms with E-state index in [1.807, 2.05) is 6.92 Å². The summed E-state index contributed by atoms with van der Waals surface area (Å²) in [7, 11) is 0. The van der Waals surface area contributed by atoms with Crippen LogP contribution in [0.2, 0.25) is 0 Å². The number of benzene rings is 1. The quantitative estimate of drug-likeness (QED) is 0.495. The van der Waals surface area contributed by atoms with Crippen LogP contribution in [0.4, 0.5) is 0 Å². The minimum atomic E-state index is -2.40. The molecule has 3 heteroatoms. The molecule has 0 bridgehead atoms. The van der Waals surface area contributed by atoms with Gasteiger partial charge in [-0.3, -0.25) is 0 Å². The fraction of sp³-hybridized carbons (Fsp3) is 0.524. The molecule has 0 heterocycles. The molecule has 0 aromatic heterocycles. The van der Waals surface area contributed by atoms with Crippen LogP contribution in [-0.2, 0) is 6.42 Å². The topological polar surface area (TPSA) is 60.7 Å². The van der Waals surface area contributed by atoms with Crippen LogP contribution >= 0.6 is 0 Å². The van der Waals surface area contributed by atoms with E-state index in [0.29, 0.717) is 18.4 Å². The lowest BCUT2D eigenvalue weighted by atomic mass is 9.73. The van der Waals surface area contributed by atoms with Crippen molar-refractivity contribution in [3.05, 3.63) is 47.1 Å². The van der Waals surface area contributed by atoms with Crippen molar-refractivity contribution < 1.29 is 18.1 Å². The summed E-state index contributed by atoms with van der Waals surface area (Å²) in [5.41, 5.74) is 2.47. The largest absolute Gasteiger partial charge is 0.507 e. The maximum atomic E-state index is 10.6. The first kappa shape index (κ1) is 15.8. The monoisotopic (exact) mass is 332 g/mol. The van der Waals surface area contributed by atoms with Gasteiger partial charge in [-0.25, -0.2) is 0 Å². The summed E-state index contributed by atoms with van der Waals surface area (Å²) in [4.78, 5) is 0. The lowest BCUT2D eigenvalue weighted by Gasteiger charge is -2.31. The van der Waals surface area contributed by atoms with E-state index in [1.165, 1.54) is 0 Å². The second-order valence-corrected chi connectivity index (χ2v) is 6.83. The first-order valence-corrected chi connectivity index (χ1v) is 8.78. The Balaban J connectivity index is 2.43. The standard InChI is InChI=1S/C21H30O3/c1-4-5-6-7-15-11-19(23)21(20(24)12-15)18-10-16(13-22)8-9-17(18)14(2)3/h10-12,17-18,22-24H,2,4-9,13H2,1,3H3/t17-,18+/m1/s1/i13D2. The lowest BCUT2D eigenvalue weighted by molar-refractivity contribution is 0.314. The molecule has 132 valence electrons. The van der Waals surface area contributed by atoms with Crippen LogP contribution in [0.5, 0.6) is 11.5 Å². The molecule has 1 aromatic carbocycles. The fourth-order valence-corrected chi connectivity index (χ4v) is 3.58. The SMILES string of the molecule is [2H]C([2H])(O)C1=C[C@H](c2c(O)cc(CCCCC)cc2O)[C@@H](C(=C)C)CC1. The van der Waals surface area contributed by atoms with Gasteiger partial charge in [-0.05, 0) is 61.8 Å². The molecule has 0 aliphatic heterocycles. The molecular weight excluding hydrogens is 300 g/mol. The van der Waals surface area contributed by atoms with Gasteiger partial charge < -0.3 is 15.3 Å². The second kappa shape index (κ2) is 8.39. The minimum absolute atomic E-state index is 0.0174. The number of phenols is 2. The first-order valence-electron chi connectivity index (χ1n) is 9.78. The fourth-order valence-electron chi connectivity index (χ4n) is 3.58. The number of phenolic OH excluding ortho intramolecular Hbond substituents is 2. The van der Waals surface area contributed by atoms with E-state index in [1.54, 1.807) is 18.2 Å². The van der Waals surface area contributed by atoms with Crippen molar-refractivity contribution in [2.24, 2.45) is 5.92 Å². The third-order valence-corrected chi connectivity index (χ3v) is 4.91. The van der Waals surface area contributed by atoms with Gasteiger partial charge in [-0.1, -0.05) is 38.0 Å². The predicted molar refractivity (Wildman–Crippen MR) is 98.4 cm³/mol. The molecular formula is C21H30O3. The Morgan fingerprint density at radius 1 is 1.29 bits per heavy atom. The van der Waals surface area contributed by atoms with E-state index in [4.69, 9.17) is 2.74 Å². The molecule has 1 aliphatic rings. The van der Waals surface area contributed by atoms with Crippen LogP contribution in [0, 0.1) is 5.92 Å². The normalized spacial score (nSPS) is 22.5. The Morgan fingerprint density at radius 2 is 1.96 bits per heavy atom. The van der Waals surface area contributed by atoms with Crippen LogP contribution in [0.3, 0.4) is 0 Å². The van der Waals surface area contributed by atoms with Crippen LogP contribution in [-0.4, -0.2) is 21.9 Å². The number of aliphatic hydroxyl groups is 1. The van der Waals surface area contributed by atoms with Crippen LogP contribution < -0.4 is 0 Å². The van der Waals surface area contributed by atoms with Crippen LogP contribution in [0.15, 0.2) is 35.9 Å². The minimum Gasteiger partial charge on any atom is -0.507 e. The van der Waals surface area contributed by atoms with Gasteiger partial charge in [0.1, 0.15) is 11.5 Å².